The molecule has 98 valence electrons. The highest BCUT2D eigenvalue weighted by Gasteiger charge is 2.30. The van der Waals surface area contributed by atoms with Crippen molar-refractivity contribution in [2.45, 2.75) is 19.8 Å². The number of hydrogen-bond acceptors (Lipinski definition) is 5. The monoisotopic (exact) mass is 281 g/mol. The van der Waals surface area contributed by atoms with E-state index >= 15 is 0 Å². The third kappa shape index (κ3) is 1.70. The Kier molecular flexibility index (Phi) is 2.81. The Morgan fingerprint density at radius 3 is 2.40 bits per heavy atom. The SMILES string of the molecule is CC1=C(C#N)C(c2cc3[nH]ncc3s2)C(C#N)=C(C)N1. The first kappa shape index (κ1) is 12.5. The molecule has 5 nitrogen and oxygen atoms in total. The summed E-state index contributed by atoms with van der Waals surface area (Å²) in [5.74, 6) is -0.281. The summed E-state index contributed by atoms with van der Waals surface area (Å²) in [5.41, 5.74) is 3.76. The van der Waals surface area contributed by atoms with E-state index < -0.39 is 0 Å². The number of rotatable bonds is 1. The first-order chi connectivity index (χ1) is 9.65. The largest absolute Gasteiger partial charge is 0.361 e. The minimum absolute atomic E-state index is 0.281. The second-order valence-electron chi connectivity index (χ2n) is 4.66. The molecule has 0 aromatic carbocycles. The van der Waals surface area contributed by atoms with Crippen molar-refractivity contribution in [3.63, 3.8) is 0 Å². The summed E-state index contributed by atoms with van der Waals surface area (Å²) in [4.78, 5) is 0.988. The van der Waals surface area contributed by atoms with E-state index in [4.69, 9.17) is 0 Å². The summed E-state index contributed by atoms with van der Waals surface area (Å²) >= 11 is 1.56. The number of hydrogen-bond donors (Lipinski definition) is 2. The molecule has 3 rings (SSSR count). The van der Waals surface area contributed by atoms with Crippen LogP contribution in [0.4, 0.5) is 0 Å². The molecule has 6 heteroatoms. The average Bonchev–Trinajstić information content (AvgIpc) is 2.98. The first-order valence-corrected chi connectivity index (χ1v) is 6.89. The Hall–Kier alpha value is -2.57. The predicted octanol–water partition coefficient (Wildman–Crippen LogP) is 2.91. The molecule has 1 aliphatic rings. The number of aromatic nitrogens is 2. The number of allylic oxidation sites excluding steroid dienone is 4. The van der Waals surface area contributed by atoms with E-state index in [9.17, 15) is 10.5 Å². The van der Waals surface area contributed by atoms with Crippen LogP contribution in [-0.2, 0) is 0 Å². The van der Waals surface area contributed by atoms with E-state index in [2.05, 4.69) is 27.7 Å². The molecule has 0 unspecified atom stereocenters. The fourth-order valence-electron chi connectivity index (χ4n) is 2.49. The number of nitriles is 2. The molecule has 0 aliphatic carbocycles. The summed E-state index contributed by atoms with van der Waals surface area (Å²) in [6.07, 6.45) is 1.76. The zero-order valence-electron chi connectivity index (χ0n) is 11.0. The molecule has 0 saturated carbocycles. The lowest BCUT2D eigenvalue weighted by atomic mass is 9.86. The molecule has 0 radical (unpaired) electrons. The highest BCUT2D eigenvalue weighted by Crippen LogP contribution is 2.41. The lowest BCUT2D eigenvalue weighted by molar-refractivity contribution is 0.822. The van der Waals surface area contributed by atoms with Crippen LogP contribution in [0.3, 0.4) is 0 Å². The van der Waals surface area contributed by atoms with Crippen molar-refractivity contribution in [2.75, 3.05) is 0 Å². The number of nitrogens with one attached hydrogen (secondary N) is 2. The van der Waals surface area contributed by atoms with Crippen LogP contribution in [0.15, 0.2) is 34.8 Å². The van der Waals surface area contributed by atoms with Gasteiger partial charge in [-0.3, -0.25) is 5.10 Å². The van der Waals surface area contributed by atoms with Crippen LogP contribution in [0.25, 0.3) is 10.2 Å². The zero-order chi connectivity index (χ0) is 14.3. The fraction of sp³-hybridized carbons (Fsp3) is 0.214. The maximum atomic E-state index is 9.42. The van der Waals surface area contributed by atoms with Gasteiger partial charge in [0.1, 0.15) is 0 Å². The predicted molar refractivity (Wildman–Crippen MR) is 76.5 cm³/mol. The van der Waals surface area contributed by atoms with E-state index in [1.165, 1.54) is 0 Å². The average molecular weight is 281 g/mol. The second kappa shape index (κ2) is 4.52. The molecule has 1 aliphatic heterocycles. The molecule has 0 saturated heterocycles. The molecular weight excluding hydrogens is 270 g/mol. The molecule has 0 atom stereocenters. The third-order valence-corrected chi connectivity index (χ3v) is 4.57. The quantitative estimate of drug-likeness (QED) is 0.841. The van der Waals surface area contributed by atoms with Crippen LogP contribution >= 0.6 is 11.3 Å². The second-order valence-corrected chi connectivity index (χ2v) is 5.77. The molecule has 3 heterocycles. The zero-order valence-corrected chi connectivity index (χ0v) is 11.8. The number of fused-ring (bicyclic) bond motifs is 1. The summed E-state index contributed by atoms with van der Waals surface area (Å²) < 4.78 is 1.03. The fourth-order valence-corrected chi connectivity index (χ4v) is 3.59. The lowest BCUT2D eigenvalue weighted by Gasteiger charge is -2.24. The van der Waals surface area contributed by atoms with E-state index in [0.717, 1.165) is 26.5 Å². The Morgan fingerprint density at radius 2 is 1.85 bits per heavy atom. The van der Waals surface area contributed by atoms with Gasteiger partial charge in [0.15, 0.2) is 0 Å². The van der Waals surface area contributed by atoms with Gasteiger partial charge in [0.05, 0.1) is 45.6 Å². The number of dihydropyridines is 1. The van der Waals surface area contributed by atoms with Crippen molar-refractivity contribution in [1.82, 2.24) is 15.5 Å². The molecule has 0 amide bonds. The van der Waals surface area contributed by atoms with Crippen molar-refractivity contribution >= 4 is 21.6 Å². The summed E-state index contributed by atoms with van der Waals surface area (Å²) in [7, 11) is 0. The molecule has 20 heavy (non-hydrogen) atoms. The van der Waals surface area contributed by atoms with Crippen molar-refractivity contribution < 1.29 is 0 Å². The Labute approximate surface area is 119 Å². The maximum absolute atomic E-state index is 9.42. The highest BCUT2D eigenvalue weighted by molar-refractivity contribution is 7.19. The highest BCUT2D eigenvalue weighted by atomic mass is 32.1. The van der Waals surface area contributed by atoms with Crippen molar-refractivity contribution in [3.05, 3.63) is 39.7 Å². The van der Waals surface area contributed by atoms with Gasteiger partial charge < -0.3 is 5.32 Å². The van der Waals surface area contributed by atoms with Gasteiger partial charge in [-0.25, -0.2) is 0 Å². The third-order valence-electron chi connectivity index (χ3n) is 3.43. The van der Waals surface area contributed by atoms with E-state index in [1.807, 2.05) is 19.9 Å². The number of H-pyrrole nitrogens is 1. The van der Waals surface area contributed by atoms with Gasteiger partial charge in [-0.05, 0) is 19.9 Å². The summed E-state index contributed by atoms with van der Waals surface area (Å²) in [5, 5.41) is 28.8. The number of nitrogens with zero attached hydrogens (tertiary/aromatic N) is 3. The molecule has 0 spiro atoms. The molecule has 0 bridgehead atoms. The smallest absolute Gasteiger partial charge is 0.0976 e. The molecule has 0 fully saturated rings. The Morgan fingerprint density at radius 1 is 1.20 bits per heavy atom. The Bertz CT molecular complexity index is 772. The normalized spacial score (nSPS) is 16.2. The van der Waals surface area contributed by atoms with Crippen molar-refractivity contribution in [3.8, 4) is 12.1 Å². The van der Waals surface area contributed by atoms with Crippen LogP contribution in [0.2, 0.25) is 0 Å². The lowest BCUT2D eigenvalue weighted by Crippen LogP contribution is -2.22. The van der Waals surface area contributed by atoms with E-state index in [-0.39, 0.29) is 5.92 Å². The minimum atomic E-state index is -0.281. The van der Waals surface area contributed by atoms with Gasteiger partial charge in [0.25, 0.3) is 0 Å². The van der Waals surface area contributed by atoms with Crippen LogP contribution in [0.5, 0.6) is 0 Å². The molecule has 2 aromatic rings. The molecule has 2 N–H and O–H groups in total. The van der Waals surface area contributed by atoms with Crippen LogP contribution < -0.4 is 5.32 Å². The standard InChI is InChI=1S/C14H11N5S/c1-7-9(4-15)14(10(5-16)8(2)18-7)12-3-11-13(20-12)6-17-19-11/h3,6,14,18H,1-2H3,(H,17,19). The maximum Gasteiger partial charge on any atom is 0.0976 e. The van der Waals surface area contributed by atoms with Gasteiger partial charge in [0.2, 0.25) is 0 Å². The number of aromatic amines is 1. The van der Waals surface area contributed by atoms with Crippen LogP contribution in [0, 0.1) is 22.7 Å². The topological polar surface area (TPSA) is 88.3 Å². The van der Waals surface area contributed by atoms with Crippen molar-refractivity contribution in [2.24, 2.45) is 0 Å². The van der Waals surface area contributed by atoms with Gasteiger partial charge >= 0.3 is 0 Å². The van der Waals surface area contributed by atoms with Gasteiger partial charge in [-0.1, -0.05) is 0 Å². The summed E-state index contributed by atoms with van der Waals surface area (Å²) in [6, 6.07) is 6.44. The van der Waals surface area contributed by atoms with Gasteiger partial charge in [-0.15, -0.1) is 11.3 Å². The van der Waals surface area contributed by atoms with Gasteiger partial charge in [-0.2, -0.15) is 15.6 Å². The minimum Gasteiger partial charge on any atom is -0.361 e. The van der Waals surface area contributed by atoms with Crippen LogP contribution in [0.1, 0.15) is 24.6 Å². The van der Waals surface area contributed by atoms with Crippen LogP contribution in [-0.4, -0.2) is 10.2 Å². The van der Waals surface area contributed by atoms with E-state index in [0.29, 0.717) is 11.1 Å². The van der Waals surface area contributed by atoms with Gasteiger partial charge in [0, 0.05) is 16.3 Å². The summed E-state index contributed by atoms with van der Waals surface area (Å²) in [6.45, 7) is 3.73. The molecule has 2 aromatic heterocycles. The Balaban J connectivity index is 2.21. The van der Waals surface area contributed by atoms with E-state index in [1.54, 1.807) is 17.5 Å². The first-order valence-electron chi connectivity index (χ1n) is 6.07. The molecular formula is C14H11N5S. The van der Waals surface area contributed by atoms with Crippen molar-refractivity contribution in [1.29, 1.82) is 10.5 Å². The number of thiophene rings is 1.